The van der Waals surface area contributed by atoms with Gasteiger partial charge in [-0.2, -0.15) is 5.48 Å². The molecule has 0 aromatic carbocycles. The summed E-state index contributed by atoms with van der Waals surface area (Å²) < 4.78 is 14.4. The summed E-state index contributed by atoms with van der Waals surface area (Å²) in [5, 5.41) is 0. The number of hydroxylamine groups is 1. The van der Waals surface area contributed by atoms with E-state index in [1.807, 2.05) is 0 Å². The molecular formula is C8H17NO5. The van der Waals surface area contributed by atoms with Crippen molar-refractivity contribution in [2.24, 2.45) is 0 Å². The molecule has 6 heteroatoms. The number of carbonyl (C=O) groups is 1. The molecule has 1 amide bonds. The summed E-state index contributed by atoms with van der Waals surface area (Å²) in [7, 11) is 1.60. The monoisotopic (exact) mass is 207 g/mol. The third-order valence-electron chi connectivity index (χ3n) is 1.19. The van der Waals surface area contributed by atoms with Gasteiger partial charge in [-0.15, -0.1) is 0 Å². The molecule has 0 aliphatic carbocycles. The maximum atomic E-state index is 10.7. The molecule has 0 saturated heterocycles. The number of methoxy groups -OCH3 is 1. The SMILES string of the molecule is CCOC(=O)NOCCOCCOC. The molecule has 0 aromatic rings. The highest BCUT2D eigenvalue weighted by Crippen LogP contribution is 1.79. The van der Waals surface area contributed by atoms with Crippen LogP contribution in [0.25, 0.3) is 0 Å². The van der Waals surface area contributed by atoms with Crippen molar-refractivity contribution in [2.45, 2.75) is 6.92 Å². The zero-order valence-corrected chi connectivity index (χ0v) is 8.58. The van der Waals surface area contributed by atoms with Gasteiger partial charge in [-0.25, -0.2) is 4.79 Å². The molecule has 0 rings (SSSR count). The van der Waals surface area contributed by atoms with Gasteiger partial charge in [0.2, 0.25) is 0 Å². The maximum absolute atomic E-state index is 10.7. The van der Waals surface area contributed by atoms with E-state index in [1.54, 1.807) is 14.0 Å². The predicted octanol–water partition coefficient (Wildman–Crippen LogP) is 0.327. The standard InChI is InChI=1S/C8H17NO5/c1-3-13-8(10)9-14-7-6-12-5-4-11-2/h3-7H2,1-2H3,(H,9,10). The largest absolute Gasteiger partial charge is 0.448 e. The normalized spacial score (nSPS) is 9.86. The van der Waals surface area contributed by atoms with E-state index in [9.17, 15) is 4.79 Å². The zero-order valence-electron chi connectivity index (χ0n) is 8.58. The lowest BCUT2D eigenvalue weighted by Crippen LogP contribution is -2.26. The fourth-order valence-corrected chi connectivity index (χ4v) is 0.615. The van der Waals surface area contributed by atoms with Gasteiger partial charge in [-0.1, -0.05) is 0 Å². The number of amides is 1. The Morgan fingerprint density at radius 1 is 1.21 bits per heavy atom. The van der Waals surface area contributed by atoms with Crippen LogP contribution >= 0.6 is 0 Å². The summed E-state index contributed by atoms with van der Waals surface area (Å²) in [6, 6.07) is 0. The summed E-state index contributed by atoms with van der Waals surface area (Å²) in [5.74, 6) is 0. The first-order chi connectivity index (χ1) is 6.81. The second-order valence-corrected chi connectivity index (χ2v) is 2.28. The van der Waals surface area contributed by atoms with E-state index in [-0.39, 0.29) is 6.61 Å². The molecule has 0 unspecified atom stereocenters. The average Bonchev–Trinajstić information content (AvgIpc) is 2.17. The molecule has 0 heterocycles. The lowest BCUT2D eigenvalue weighted by molar-refractivity contribution is -0.0137. The fraction of sp³-hybridized carbons (Fsp3) is 0.875. The molecule has 0 aliphatic heterocycles. The summed E-state index contributed by atoms with van der Waals surface area (Å²) >= 11 is 0. The van der Waals surface area contributed by atoms with Gasteiger partial charge in [0, 0.05) is 7.11 Å². The second-order valence-electron chi connectivity index (χ2n) is 2.28. The molecule has 0 aromatic heterocycles. The Labute approximate surface area is 83.4 Å². The van der Waals surface area contributed by atoms with Crippen LogP contribution in [0.1, 0.15) is 6.92 Å². The summed E-state index contributed by atoms with van der Waals surface area (Å²) in [6.07, 6.45) is -0.593. The van der Waals surface area contributed by atoms with Crippen molar-refractivity contribution < 1.29 is 23.8 Å². The maximum Gasteiger partial charge on any atom is 0.431 e. The summed E-state index contributed by atoms with van der Waals surface area (Å²) in [4.78, 5) is 15.4. The van der Waals surface area contributed by atoms with Crippen LogP contribution in [0.4, 0.5) is 4.79 Å². The van der Waals surface area contributed by atoms with E-state index in [2.05, 4.69) is 10.2 Å². The van der Waals surface area contributed by atoms with Crippen LogP contribution in [-0.4, -0.2) is 46.2 Å². The number of carbonyl (C=O) groups excluding carboxylic acids is 1. The van der Waals surface area contributed by atoms with Crippen molar-refractivity contribution in [2.75, 3.05) is 40.1 Å². The first-order valence-corrected chi connectivity index (χ1v) is 4.42. The van der Waals surface area contributed by atoms with Gasteiger partial charge in [-0.05, 0) is 6.92 Å². The number of rotatable bonds is 8. The number of hydrogen-bond acceptors (Lipinski definition) is 5. The van der Waals surface area contributed by atoms with Gasteiger partial charge in [0.15, 0.2) is 0 Å². The van der Waals surface area contributed by atoms with Gasteiger partial charge in [0.25, 0.3) is 0 Å². The third-order valence-corrected chi connectivity index (χ3v) is 1.19. The van der Waals surface area contributed by atoms with E-state index in [0.29, 0.717) is 26.4 Å². The average molecular weight is 207 g/mol. The molecule has 6 nitrogen and oxygen atoms in total. The molecule has 0 spiro atoms. The molecular weight excluding hydrogens is 190 g/mol. The highest BCUT2D eigenvalue weighted by molar-refractivity contribution is 5.65. The first-order valence-electron chi connectivity index (χ1n) is 4.42. The van der Waals surface area contributed by atoms with Gasteiger partial charge in [0.1, 0.15) is 0 Å². The van der Waals surface area contributed by atoms with Crippen LogP contribution in [0.3, 0.4) is 0 Å². The molecule has 0 aliphatic rings. The van der Waals surface area contributed by atoms with Crippen molar-refractivity contribution in [3.05, 3.63) is 0 Å². The Morgan fingerprint density at radius 2 is 1.93 bits per heavy atom. The topological polar surface area (TPSA) is 66.0 Å². The second kappa shape index (κ2) is 10.2. The smallest absolute Gasteiger partial charge is 0.431 e. The zero-order chi connectivity index (χ0) is 10.6. The molecule has 14 heavy (non-hydrogen) atoms. The van der Waals surface area contributed by atoms with Crippen LogP contribution in [-0.2, 0) is 19.0 Å². The van der Waals surface area contributed by atoms with Crippen molar-refractivity contribution in [1.82, 2.24) is 5.48 Å². The van der Waals surface area contributed by atoms with Crippen molar-refractivity contribution in [3.63, 3.8) is 0 Å². The molecule has 0 atom stereocenters. The highest BCUT2D eigenvalue weighted by atomic mass is 16.7. The Hall–Kier alpha value is -0.850. The molecule has 0 fully saturated rings. The fourth-order valence-electron chi connectivity index (χ4n) is 0.615. The quantitative estimate of drug-likeness (QED) is 0.459. The molecule has 0 bridgehead atoms. The minimum Gasteiger partial charge on any atom is -0.448 e. The van der Waals surface area contributed by atoms with E-state index < -0.39 is 6.09 Å². The summed E-state index contributed by atoms with van der Waals surface area (Å²) in [6.45, 7) is 3.77. The van der Waals surface area contributed by atoms with Gasteiger partial charge >= 0.3 is 6.09 Å². The molecule has 0 saturated carbocycles. The molecule has 0 radical (unpaired) electrons. The summed E-state index contributed by atoms with van der Waals surface area (Å²) in [5.41, 5.74) is 2.10. The van der Waals surface area contributed by atoms with Gasteiger partial charge in [0.05, 0.1) is 33.0 Å². The number of nitrogens with one attached hydrogen (secondary N) is 1. The predicted molar refractivity (Wildman–Crippen MR) is 48.8 cm³/mol. The van der Waals surface area contributed by atoms with Gasteiger partial charge in [-0.3, -0.25) is 4.84 Å². The highest BCUT2D eigenvalue weighted by Gasteiger charge is 1.98. The number of hydrogen-bond donors (Lipinski definition) is 1. The van der Waals surface area contributed by atoms with E-state index in [0.717, 1.165) is 0 Å². The van der Waals surface area contributed by atoms with Gasteiger partial charge < -0.3 is 14.2 Å². The van der Waals surface area contributed by atoms with E-state index in [1.165, 1.54) is 0 Å². The third kappa shape index (κ3) is 9.24. The Balaban J connectivity index is 3.01. The number of ether oxygens (including phenoxy) is 3. The van der Waals surface area contributed by atoms with Crippen LogP contribution in [0, 0.1) is 0 Å². The lowest BCUT2D eigenvalue weighted by Gasteiger charge is -2.06. The first kappa shape index (κ1) is 13.2. The minimum atomic E-state index is -0.593. The minimum absolute atomic E-state index is 0.280. The molecule has 1 N–H and O–H groups in total. The van der Waals surface area contributed by atoms with E-state index >= 15 is 0 Å². The Morgan fingerprint density at radius 3 is 2.57 bits per heavy atom. The Bertz CT molecular complexity index is 142. The van der Waals surface area contributed by atoms with Crippen LogP contribution in [0.15, 0.2) is 0 Å². The molecule has 84 valence electrons. The van der Waals surface area contributed by atoms with Crippen LogP contribution in [0.2, 0.25) is 0 Å². The van der Waals surface area contributed by atoms with E-state index in [4.69, 9.17) is 14.3 Å². The van der Waals surface area contributed by atoms with Crippen LogP contribution in [0.5, 0.6) is 0 Å². The van der Waals surface area contributed by atoms with Crippen molar-refractivity contribution >= 4 is 6.09 Å². The van der Waals surface area contributed by atoms with Crippen molar-refractivity contribution in [3.8, 4) is 0 Å². The van der Waals surface area contributed by atoms with Crippen molar-refractivity contribution in [1.29, 1.82) is 0 Å². The van der Waals surface area contributed by atoms with Crippen LogP contribution < -0.4 is 5.48 Å². The lowest BCUT2D eigenvalue weighted by atomic mass is 10.7. The Kier molecular flexibility index (Phi) is 9.61.